The molecule has 3 rings (SSSR count). The minimum atomic E-state index is 0.151. The lowest BCUT2D eigenvalue weighted by atomic mass is 9.90. The number of anilines is 2. The summed E-state index contributed by atoms with van der Waals surface area (Å²) in [5.74, 6) is 1.15. The maximum absolute atomic E-state index is 3.61. The van der Waals surface area contributed by atoms with E-state index in [2.05, 4.69) is 21.7 Å². The number of fused-ring (bicyclic) bond motifs is 1. The molecule has 1 spiro atoms. The number of aromatic nitrogens is 1. The van der Waals surface area contributed by atoms with E-state index in [1.165, 1.54) is 37.8 Å². The highest BCUT2D eigenvalue weighted by molar-refractivity contribution is 5.69. The molecule has 1 saturated carbocycles. The Hall–Kier alpha value is -1.25. The van der Waals surface area contributed by atoms with Gasteiger partial charge >= 0.3 is 0 Å². The summed E-state index contributed by atoms with van der Waals surface area (Å²) in [7, 11) is 0. The summed E-state index contributed by atoms with van der Waals surface area (Å²) in [6.07, 6.45) is 8.47. The predicted molar refractivity (Wildman–Crippen MR) is 56.1 cm³/mol. The summed E-state index contributed by atoms with van der Waals surface area (Å²) in [6, 6.07) is 4.16. The van der Waals surface area contributed by atoms with Gasteiger partial charge in [0.1, 0.15) is 5.69 Å². The normalized spacial score (nSPS) is 22.6. The highest BCUT2D eigenvalue weighted by atomic mass is 15.3. The highest BCUT2D eigenvalue weighted by Crippen LogP contribution is 2.38. The van der Waals surface area contributed by atoms with Crippen LogP contribution in [0.1, 0.15) is 32.1 Å². The van der Waals surface area contributed by atoms with Crippen molar-refractivity contribution in [2.45, 2.75) is 37.8 Å². The van der Waals surface area contributed by atoms with E-state index < -0.39 is 0 Å². The number of H-pyrrole nitrogens is 1. The Morgan fingerprint density at radius 2 is 2.00 bits per heavy atom. The van der Waals surface area contributed by atoms with E-state index in [0.29, 0.717) is 0 Å². The third-order valence-corrected chi connectivity index (χ3v) is 3.30. The molecule has 0 bridgehead atoms. The van der Waals surface area contributed by atoms with E-state index in [0.717, 1.165) is 5.82 Å². The van der Waals surface area contributed by atoms with Crippen molar-refractivity contribution >= 4 is 11.5 Å². The number of hydrogen-bond acceptors (Lipinski definition) is 2. The van der Waals surface area contributed by atoms with Crippen LogP contribution in [0.5, 0.6) is 0 Å². The Morgan fingerprint density at radius 3 is 2.79 bits per heavy atom. The third-order valence-electron chi connectivity index (χ3n) is 3.30. The minimum Gasteiger partial charge on any atom is -0.338 e. The van der Waals surface area contributed by atoms with Crippen molar-refractivity contribution in [3.63, 3.8) is 0 Å². The molecule has 0 amide bonds. The molecular formula is C11H16N3+. The molecule has 1 aliphatic heterocycles. The minimum absolute atomic E-state index is 0.151. The SMILES string of the molecule is c1c[nH+]c2c(c1)NC1(CCCCC1)N2. The van der Waals surface area contributed by atoms with Crippen molar-refractivity contribution in [3.8, 4) is 0 Å². The lowest BCUT2D eigenvalue weighted by Gasteiger charge is -2.30. The van der Waals surface area contributed by atoms with Gasteiger partial charge in [-0.3, -0.25) is 0 Å². The van der Waals surface area contributed by atoms with Gasteiger partial charge in [0.2, 0.25) is 0 Å². The fraction of sp³-hybridized carbons (Fsp3) is 0.545. The molecule has 1 aliphatic carbocycles. The summed E-state index contributed by atoms with van der Waals surface area (Å²) in [5.41, 5.74) is 1.37. The van der Waals surface area contributed by atoms with Gasteiger partial charge in [-0.1, -0.05) is 6.42 Å². The first-order valence-corrected chi connectivity index (χ1v) is 5.45. The first-order chi connectivity index (χ1) is 6.88. The van der Waals surface area contributed by atoms with Crippen LogP contribution in [0.4, 0.5) is 11.5 Å². The zero-order chi connectivity index (χ0) is 9.43. The molecule has 0 unspecified atom stereocenters. The van der Waals surface area contributed by atoms with Crippen LogP contribution in [-0.4, -0.2) is 5.66 Å². The first kappa shape index (κ1) is 8.09. The largest absolute Gasteiger partial charge is 0.338 e. The quantitative estimate of drug-likeness (QED) is 0.656. The fourth-order valence-corrected chi connectivity index (χ4v) is 2.58. The van der Waals surface area contributed by atoms with Gasteiger partial charge in [0.15, 0.2) is 5.66 Å². The molecule has 0 saturated heterocycles. The van der Waals surface area contributed by atoms with Gasteiger partial charge in [-0.05, 0) is 25.0 Å². The second-order valence-corrected chi connectivity index (χ2v) is 4.35. The van der Waals surface area contributed by atoms with Crippen LogP contribution in [0.25, 0.3) is 0 Å². The predicted octanol–water partition coefficient (Wildman–Crippen LogP) is 2.00. The zero-order valence-electron chi connectivity index (χ0n) is 8.27. The van der Waals surface area contributed by atoms with E-state index in [1.807, 2.05) is 12.3 Å². The lowest BCUT2D eigenvalue weighted by Crippen LogP contribution is -2.43. The molecule has 3 heteroatoms. The van der Waals surface area contributed by atoms with Crippen LogP contribution in [0.3, 0.4) is 0 Å². The van der Waals surface area contributed by atoms with E-state index in [4.69, 9.17) is 0 Å². The lowest BCUT2D eigenvalue weighted by molar-refractivity contribution is -0.360. The monoisotopic (exact) mass is 190 g/mol. The summed E-state index contributed by atoms with van der Waals surface area (Å²) >= 11 is 0. The van der Waals surface area contributed by atoms with Crippen LogP contribution >= 0.6 is 0 Å². The number of nitrogens with one attached hydrogen (secondary N) is 3. The second kappa shape index (κ2) is 2.87. The van der Waals surface area contributed by atoms with Crippen molar-refractivity contribution < 1.29 is 4.98 Å². The maximum Gasteiger partial charge on any atom is 0.297 e. The highest BCUT2D eigenvalue weighted by Gasteiger charge is 2.42. The second-order valence-electron chi connectivity index (χ2n) is 4.35. The first-order valence-electron chi connectivity index (χ1n) is 5.45. The van der Waals surface area contributed by atoms with Crippen molar-refractivity contribution in [3.05, 3.63) is 18.3 Å². The molecule has 1 fully saturated rings. The molecule has 3 nitrogen and oxygen atoms in total. The van der Waals surface area contributed by atoms with Crippen LogP contribution < -0.4 is 15.6 Å². The number of aromatic amines is 1. The van der Waals surface area contributed by atoms with Crippen LogP contribution in [0.2, 0.25) is 0 Å². The summed E-state index contributed by atoms with van der Waals surface area (Å²) in [5, 5.41) is 7.19. The average Bonchev–Trinajstić information content (AvgIpc) is 2.56. The number of pyridine rings is 1. The van der Waals surface area contributed by atoms with Gasteiger partial charge < -0.3 is 5.32 Å². The Labute approximate surface area is 83.9 Å². The molecule has 14 heavy (non-hydrogen) atoms. The van der Waals surface area contributed by atoms with Gasteiger partial charge in [-0.15, -0.1) is 0 Å². The van der Waals surface area contributed by atoms with Crippen molar-refractivity contribution in [2.75, 3.05) is 10.6 Å². The topological polar surface area (TPSA) is 38.2 Å². The van der Waals surface area contributed by atoms with Crippen LogP contribution in [0.15, 0.2) is 18.3 Å². The Bertz CT molecular complexity index is 315. The Kier molecular flexibility index (Phi) is 1.66. The van der Waals surface area contributed by atoms with Gasteiger partial charge in [0.05, 0.1) is 6.20 Å². The summed E-state index contributed by atoms with van der Waals surface area (Å²) in [4.78, 5) is 3.25. The van der Waals surface area contributed by atoms with Gasteiger partial charge in [-0.25, -0.2) is 10.3 Å². The van der Waals surface area contributed by atoms with E-state index in [-0.39, 0.29) is 5.66 Å². The van der Waals surface area contributed by atoms with Gasteiger partial charge in [0, 0.05) is 12.8 Å². The molecule has 0 aromatic carbocycles. The Morgan fingerprint density at radius 1 is 1.14 bits per heavy atom. The van der Waals surface area contributed by atoms with Crippen LogP contribution in [0, 0.1) is 0 Å². The molecule has 74 valence electrons. The van der Waals surface area contributed by atoms with Crippen molar-refractivity contribution in [1.82, 2.24) is 0 Å². The van der Waals surface area contributed by atoms with E-state index >= 15 is 0 Å². The molecule has 2 heterocycles. The van der Waals surface area contributed by atoms with E-state index in [1.54, 1.807) is 0 Å². The molecule has 0 atom stereocenters. The zero-order valence-corrected chi connectivity index (χ0v) is 8.27. The molecule has 1 aromatic heterocycles. The maximum atomic E-state index is 3.61. The summed E-state index contributed by atoms with van der Waals surface area (Å²) in [6.45, 7) is 0. The average molecular weight is 190 g/mol. The van der Waals surface area contributed by atoms with Gasteiger partial charge in [-0.2, -0.15) is 0 Å². The van der Waals surface area contributed by atoms with Crippen LogP contribution in [-0.2, 0) is 0 Å². The fourth-order valence-electron chi connectivity index (χ4n) is 2.58. The van der Waals surface area contributed by atoms with Crippen molar-refractivity contribution in [2.24, 2.45) is 0 Å². The van der Waals surface area contributed by atoms with Gasteiger partial charge in [0.25, 0.3) is 5.82 Å². The number of hydrogen-bond donors (Lipinski definition) is 2. The molecule has 0 radical (unpaired) electrons. The van der Waals surface area contributed by atoms with E-state index in [9.17, 15) is 0 Å². The standard InChI is InChI=1S/C11H15N3/c1-2-6-11(7-3-1)13-9-5-4-8-12-10(9)14-11/h4-5,8,13H,1-3,6-7H2,(H,12,14)/p+1. The molecule has 1 aromatic rings. The molecule has 3 N–H and O–H groups in total. The third kappa shape index (κ3) is 1.15. The summed E-state index contributed by atoms with van der Waals surface area (Å²) < 4.78 is 0. The number of rotatable bonds is 0. The smallest absolute Gasteiger partial charge is 0.297 e. The molecular weight excluding hydrogens is 174 g/mol. The van der Waals surface area contributed by atoms with Crippen molar-refractivity contribution in [1.29, 1.82) is 0 Å². The molecule has 2 aliphatic rings. The Balaban J connectivity index is 1.89.